The minimum atomic E-state index is -0.260. The maximum atomic E-state index is 13.5. The molecule has 0 bridgehead atoms. The molecule has 31 heavy (non-hydrogen) atoms. The van der Waals surface area contributed by atoms with Gasteiger partial charge in [-0.3, -0.25) is 0 Å². The molecule has 0 fully saturated rings. The van der Waals surface area contributed by atoms with Crippen molar-refractivity contribution < 1.29 is 9.13 Å². The molecule has 2 heterocycles. The summed E-state index contributed by atoms with van der Waals surface area (Å²) in [6, 6.07) is 13.4. The van der Waals surface area contributed by atoms with Crippen LogP contribution in [0.25, 0.3) is 0 Å². The van der Waals surface area contributed by atoms with E-state index in [1.807, 2.05) is 13.8 Å². The molecule has 1 N–H and O–H groups in total. The van der Waals surface area contributed by atoms with Gasteiger partial charge < -0.3 is 15.0 Å². The molecule has 0 amide bonds. The molecule has 2 aromatic carbocycles. The molecule has 1 aromatic heterocycles. The SMILES string of the molecule is COCc1nc(Nc2ccc(F)cc2C)nc(N2CCc3ccccc3C2C)c1C.Cl. The van der Waals surface area contributed by atoms with Crippen LogP contribution in [0.2, 0.25) is 0 Å². The van der Waals surface area contributed by atoms with Crippen molar-refractivity contribution in [1.29, 1.82) is 0 Å². The van der Waals surface area contributed by atoms with E-state index in [0.717, 1.165) is 41.3 Å². The highest BCUT2D eigenvalue weighted by molar-refractivity contribution is 5.85. The quantitative estimate of drug-likeness (QED) is 0.551. The smallest absolute Gasteiger partial charge is 0.229 e. The molecule has 0 saturated carbocycles. The summed E-state index contributed by atoms with van der Waals surface area (Å²) in [6.07, 6.45) is 0.976. The Kier molecular flexibility index (Phi) is 7.13. The Bertz CT molecular complexity index is 1080. The zero-order valence-electron chi connectivity index (χ0n) is 18.3. The van der Waals surface area contributed by atoms with Crippen molar-refractivity contribution in [3.8, 4) is 0 Å². The van der Waals surface area contributed by atoms with E-state index in [0.29, 0.717) is 12.6 Å². The predicted molar refractivity (Wildman–Crippen MR) is 125 cm³/mol. The number of benzene rings is 2. The number of hydrogen-bond acceptors (Lipinski definition) is 5. The fourth-order valence-electron chi connectivity index (χ4n) is 4.11. The number of aromatic nitrogens is 2. The van der Waals surface area contributed by atoms with Crippen LogP contribution in [0.15, 0.2) is 42.5 Å². The summed E-state index contributed by atoms with van der Waals surface area (Å²) in [5, 5.41) is 3.27. The molecule has 1 atom stereocenters. The van der Waals surface area contributed by atoms with Gasteiger partial charge in [0.15, 0.2) is 0 Å². The summed E-state index contributed by atoms with van der Waals surface area (Å²) in [5.41, 5.74) is 6.17. The lowest BCUT2D eigenvalue weighted by Crippen LogP contribution is -2.35. The first-order chi connectivity index (χ1) is 14.5. The van der Waals surface area contributed by atoms with Crippen LogP contribution in [0.5, 0.6) is 0 Å². The normalized spacial score (nSPS) is 15.3. The van der Waals surface area contributed by atoms with Crippen molar-refractivity contribution >= 4 is 29.9 Å². The third-order valence-corrected chi connectivity index (χ3v) is 5.80. The van der Waals surface area contributed by atoms with Crippen LogP contribution in [0.1, 0.15) is 40.9 Å². The molecule has 0 radical (unpaired) electrons. The van der Waals surface area contributed by atoms with E-state index in [9.17, 15) is 4.39 Å². The monoisotopic (exact) mass is 442 g/mol. The van der Waals surface area contributed by atoms with Crippen molar-refractivity contribution in [2.45, 2.75) is 39.8 Å². The maximum Gasteiger partial charge on any atom is 0.229 e. The summed E-state index contributed by atoms with van der Waals surface area (Å²) in [6.45, 7) is 7.41. The molecular weight excluding hydrogens is 415 g/mol. The van der Waals surface area contributed by atoms with Gasteiger partial charge in [0.2, 0.25) is 5.95 Å². The van der Waals surface area contributed by atoms with Gasteiger partial charge in [0, 0.05) is 24.9 Å². The highest BCUT2D eigenvalue weighted by Gasteiger charge is 2.27. The first kappa shape index (κ1) is 23.0. The minimum Gasteiger partial charge on any atom is -0.378 e. The molecule has 1 unspecified atom stereocenters. The van der Waals surface area contributed by atoms with Crippen molar-refractivity contribution in [2.24, 2.45) is 0 Å². The lowest BCUT2D eigenvalue weighted by atomic mass is 9.93. The van der Waals surface area contributed by atoms with Crippen LogP contribution in [0.3, 0.4) is 0 Å². The van der Waals surface area contributed by atoms with E-state index in [1.165, 1.54) is 23.3 Å². The number of fused-ring (bicyclic) bond motifs is 1. The molecule has 1 aliphatic heterocycles. The number of aryl methyl sites for hydroxylation is 1. The summed E-state index contributed by atoms with van der Waals surface area (Å²) in [5.74, 6) is 1.13. The molecule has 0 aliphatic carbocycles. The van der Waals surface area contributed by atoms with Crippen LogP contribution in [-0.2, 0) is 17.8 Å². The average Bonchev–Trinajstić information content (AvgIpc) is 2.73. The van der Waals surface area contributed by atoms with Gasteiger partial charge in [-0.2, -0.15) is 4.98 Å². The third kappa shape index (κ3) is 4.65. The first-order valence-electron chi connectivity index (χ1n) is 10.2. The molecule has 164 valence electrons. The fourth-order valence-corrected chi connectivity index (χ4v) is 4.11. The van der Waals surface area contributed by atoms with Gasteiger partial charge in [-0.25, -0.2) is 9.37 Å². The number of anilines is 3. The highest BCUT2D eigenvalue weighted by Crippen LogP contribution is 2.35. The number of methoxy groups -OCH3 is 1. The average molecular weight is 443 g/mol. The van der Waals surface area contributed by atoms with Crippen LogP contribution in [0.4, 0.5) is 21.8 Å². The summed E-state index contributed by atoms with van der Waals surface area (Å²) >= 11 is 0. The Morgan fingerprint density at radius 3 is 2.68 bits per heavy atom. The lowest BCUT2D eigenvalue weighted by molar-refractivity contribution is 0.181. The van der Waals surface area contributed by atoms with Gasteiger partial charge in [-0.05, 0) is 62.1 Å². The summed E-state index contributed by atoms with van der Waals surface area (Å²) in [7, 11) is 1.66. The second-order valence-electron chi connectivity index (χ2n) is 7.78. The second kappa shape index (κ2) is 9.62. The minimum absolute atomic E-state index is 0. The molecule has 3 aromatic rings. The fraction of sp³-hybridized carbons (Fsp3) is 0.333. The number of nitrogens with one attached hydrogen (secondary N) is 1. The van der Waals surface area contributed by atoms with E-state index in [-0.39, 0.29) is 24.3 Å². The van der Waals surface area contributed by atoms with Gasteiger partial charge in [-0.15, -0.1) is 12.4 Å². The molecule has 4 rings (SSSR count). The van der Waals surface area contributed by atoms with Gasteiger partial charge in [0.05, 0.1) is 18.3 Å². The van der Waals surface area contributed by atoms with Crippen molar-refractivity contribution in [3.63, 3.8) is 0 Å². The van der Waals surface area contributed by atoms with Gasteiger partial charge in [-0.1, -0.05) is 24.3 Å². The van der Waals surface area contributed by atoms with Crippen LogP contribution >= 0.6 is 12.4 Å². The van der Waals surface area contributed by atoms with Gasteiger partial charge in [0.25, 0.3) is 0 Å². The van der Waals surface area contributed by atoms with E-state index >= 15 is 0 Å². The van der Waals surface area contributed by atoms with Crippen LogP contribution in [-0.4, -0.2) is 23.6 Å². The second-order valence-corrected chi connectivity index (χ2v) is 7.78. The number of rotatable bonds is 5. The Morgan fingerprint density at radius 1 is 1.16 bits per heavy atom. The number of halogens is 2. The molecule has 7 heteroatoms. The lowest BCUT2D eigenvalue weighted by Gasteiger charge is -2.37. The van der Waals surface area contributed by atoms with E-state index in [1.54, 1.807) is 13.2 Å². The van der Waals surface area contributed by atoms with E-state index in [4.69, 9.17) is 9.72 Å². The first-order valence-corrected chi connectivity index (χ1v) is 10.2. The number of nitrogens with zero attached hydrogens (tertiary/aromatic N) is 3. The van der Waals surface area contributed by atoms with Gasteiger partial charge in [0.1, 0.15) is 11.6 Å². The Hall–Kier alpha value is -2.70. The molecule has 1 aliphatic rings. The predicted octanol–water partition coefficient (Wildman–Crippen LogP) is 5.67. The van der Waals surface area contributed by atoms with Gasteiger partial charge >= 0.3 is 0 Å². The van der Waals surface area contributed by atoms with Crippen molar-refractivity contribution in [3.05, 3.63) is 76.2 Å². The number of ether oxygens (including phenoxy) is 1. The Labute approximate surface area is 189 Å². The van der Waals surface area contributed by atoms with E-state index in [2.05, 4.69) is 46.4 Å². The highest BCUT2D eigenvalue weighted by atomic mass is 35.5. The van der Waals surface area contributed by atoms with Crippen LogP contribution < -0.4 is 10.2 Å². The zero-order valence-corrected chi connectivity index (χ0v) is 19.1. The van der Waals surface area contributed by atoms with Crippen molar-refractivity contribution in [1.82, 2.24) is 9.97 Å². The van der Waals surface area contributed by atoms with Crippen molar-refractivity contribution in [2.75, 3.05) is 23.9 Å². The molecule has 0 spiro atoms. The van der Waals surface area contributed by atoms with E-state index < -0.39 is 0 Å². The molecule has 0 saturated heterocycles. The number of hydrogen-bond donors (Lipinski definition) is 1. The standard InChI is InChI=1S/C24H27FN4O.ClH/c1-15-13-19(25)9-10-21(15)26-24-27-22(14-30-4)16(2)23(28-24)29-12-11-18-7-5-6-8-20(18)17(29)3;/h5-10,13,17H,11-12,14H2,1-4H3,(H,26,27,28);1H. The van der Waals surface area contributed by atoms with Crippen LogP contribution in [0, 0.1) is 19.7 Å². The zero-order chi connectivity index (χ0) is 21.3. The molecular formula is C24H28ClFN4O. The third-order valence-electron chi connectivity index (χ3n) is 5.80. The molecule has 5 nitrogen and oxygen atoms in total. The topological polar surface area (TPSA) is 50.3 Å². The summed E-state index contributed by atoms with van der Waals surface area (Å²) in [4.78, 5) is 11.9. The summed E-state index contributed by atoms with van der Waals surface area (Å²) < 4.78 is 18.9. The Balaban J connectivity index is 0.00000272. The largest absolute Gasteiger partial charge is 0.378 e. The maximum absolute atomic E-state index is 13.5. The Morgan fingerprint density at radius 2 is 1.94 bits per heavy atom.